The van der Waals surface area contributed by atoms with Crippen molar-refractivity contribution in [3.63, 3.8) is 0 Å². The number of rotatable bonds is 6. The molecule has 0 aromatic carbocycles. The van der Waals surface area contributed by atoms with E-state index in [0.29, 0.717) is 6.42 Å². The first-order chi connectivity index (χ1) is 7.32. The number of nitrogens with one attached hydrogen (secondary N) is 2. The molecule has 16 heavy (non-hydrogen) atoms. The second kappa shape index (κ2) is 7.11. The average molecular weight is 249 g/mol. The normalized spacial score (nSPS) is 12.0. The molecule has 0 aliphatic carbocycles. The maximum absolute atomic E-state index is 11.3. The van der Waals surface area contributed by atoms with Crippen LogP contribution in [0.3, 0.4) is 0 Å². The van der Waals surface area contributed by atoms with Crippen LogP contribution in [0.1, 0.15) is 20.3 Å². The highest BCUT2D eigenvalue weighted by atomic mass is 35.5. The fourth-order valence-electron chi connectivity index (χ4n) is 1.08. The van der Waals surface area contributed by atoms with Crippen molar-refractivity contribution < 1.29 is 14.7 Å². The van der Waals surface area contributed by atoms with E-state index in [1.807, 2.05) is 13.8 Å². The Morgan fingerprint density at radius 2 is 2.00 bits per heavy atom. The van der Waals surface area contributed by atoms with E-state index in [1.54, 1.807) is 0 Å². The molecule has 0 spiro atoms. The molecular formula is C10H17ClN2O3. The number of carbonyl (C=O) groups is 2. The van der Waals surface area contributed by atoms with Crippen molar-refractivity contribution in [3.8, 4) is 0 Å². The van der Waals surface area contributed by atoms with Crippen molar-refractivity contribution in [2.45, 2.75) is 26.3 Å². The Balaban J connectivity index is 4.13. The standard InChI is InChI=1S/C10H17ClN2O3/c1-6(2)4-8(9(14)15)13-10(16)12-5-7(3)11/h6,8H,3-5H2,1-2H3,(H,14,15)(H2,12,13,16)/t8-/m0/s1. The molecule has 0 aliphatic heterocycles. The lowest BCUT2D eigenvalue weighted by molar-refractivity contribution is -0.139. The van der Waals surface area contributed by atoms with Gasteiger partial charge in [0.05, 0.1) is 6.54 Å². The van der Waals surface area contributed by atoms with Crippen molar-refractivity contribution in [1.82, 2.24) is 10.6 Å². The van der Waals surface area contributed by atoms with Gasteiger partial charge in [-0.05, 0) is 12.3 Å². The van der Waals surface area contributed by atoms with E-state index in [0.717, 1.165) is 0 Å². The molecule has 0 unspecified atom stereocenters. The summed E-state index contributed by atoms with van der Waals surface area (Å²) >= 11 is 5.45. The summed E-state index contributed by atoms with van der Waals surface area (Å²) in [6.07, 6.45) is 0.380. The first kappa shape index (κ1) is 14.8. The van der Waals surface area contributed by atoms with Crippen LogP contribution in [0.2, 0.25) is 0 Å². The lowest BCUT2D eigenvalue weighted by atomic mass is 10.0. The molecule has 92 valence electrons. The van der Waals surface area contributed by atoms with Gasteiger partial charge < -0.3 is 15.7 Å². The van der Waals surface area contributed by atoms with Crippen LogP contribution in [0.5, 0.6) is 0 Å². The van der Waals surface area contributed by atoms with Crippen LogP contribution in [0.4, 0.5) is 4.79 Å². The molecule has 0 radical (unpaired) electrons. The number of hydrogen-bond donors (Lipinski definition) is 3. The smallest absolute Gasteiger partial charge is 0.326 e. The molecule has 0 heterocycles. The van der Waals surface area contributed by atoms with E-state index in [4.69, 9.17) is 16.7 Å². The van der Waals surface area contributed by atoms with Crippen LogP contribution in [-0.2, 0) is 4.79 Å². The number of carbonyl (C=O) groups excluding carboxylic acids is 1. The number of urea groups is 1. The first-order valence-corrected chi connectivity index (χ1v) is 5.31. The molecule has 0 rings (SSSR count). The minimum absolute atomic E-state index is 0.113. The maximum atomic E-state index is 11.3. The largest absolute Gasteiger partial charge is 0.480 e. The summed E-state index contributed by atoms with van der Waals surface area (Å²) in [7, 11) is 0. The van der Waals surface area contributed by atoms with E-state index in [9.17, 15) is 9.59 Å². The average Bonchev–Trinajstić information content (AvgIpc) is 2.12. The topological polar surface area (TPSA) is 78.4 Å². The molecule has 2 amide bonds. The van der Waals surface area contributed by atoms with Gasteiger partial charge in [0.1, 0.15) is 6.04 Å². The van der Waals surface area contributed by atoms with Gasteiger partial charge in [0.25, 0.3) is 0 Å². The van der Waals surface area contributed by atoms with Crippen molar-refractivity contribution in [2.24, 2.45) is 5.92 Å². The zero-order valence-corrected chi connectivity index (χ0v) is 10.2. The summed E-state index contributed by atoms with van der Waals surface area (Å²) < 4.78 is 0. The van der Waals surface area contributed by atoms with Gasteiger partial charge in [0.15, 0.2) is 0 Å². The number of hydrogen-bond acceptors (Lipinski definition) is 2. The molecule has 0 aromatic heterocycles. The summed E-state index contributed by atoms with van der Waals surface area (Å²) in [4.78, 5) is 22.1. The van der Waals surface area contributed by atoms with Crippen LogP contribution in [-0.4, -0.2) is 29.7 Å². The highest BCUT2D eigenvalue weighted by molar-refractivity contribution is 6.29. The predicted molar refractivity (Wildman–Crippen MR) is 62.4 cm³/mol. The molecule has 0 saturated heterocycles. The molecule has 0 aliphatic rings. The zero-order chi connectivity index (χ0) is 12.7. The highest BCUT2D eigenvalue weighted by Gasteiger charge is 2.20. The van der Waals surface area contributed by atoms with Gasteiger partial charge in [-0.25, -0.2) is 9.59 Å². The van der Waals surface area contributed by atoms with Crippen molar-refractivity contribution >= 4 is 23.6 Å². The fourth-order valence-corrected chi connectivity index (χ4v) is 1.15. The van der Waals surface area contributed by atoms with E-state index in [-0.39, 0.29) is 17.5 Å². The Morgan fingerprint density at radius 3 is 2.38 bits per heavy atom. The molecule has 3 N–H and O–H groups in total. The van der Waals surface area contributed by atoms with Crippen LogP contribution >= 0.6 is 11.6 Å². The summed E-state index contributed by atoms with van der Waals surface area (Å²) in [5, 5.41) is 13.9. The number of halogens is 1. The predicted octanol–water partition coefficient (Wildman–Crippen LogP) is 1.54. The molecular weight excluding hydrogens is 232 g/mol. The summed E-state index contributed by atoms with van der Waals surface area (Å²) in [6, 6.07) is -1.45. The van der Waals surface area contributed by atoms with Gasteiger partial charge in [-0.15, -0.1) is 0 Å². The Morgan fingerprint density at radius 1 is 1.44 bits per heavy atom. The Labute approximate surface area is 99.9 Å². The Kier molecular flexibility index (Phi) is 6.56. The molecule has 0 fully saturated rings. The minimum atomic E-state index is -1.05. The lowest BCUT2D eigenvalue weighted by Crippen LogP contribution is -2.46. The van der Waals surface area contributed by atoms with Crippen molar-refractivity contribution in [2.75, 3.05) is 6.54 Å². The Bertz CT molecular complexity index is 279. The molecule has 1 atom stereocenters. The minimum Gasteiger partial charge on any atom is -0.480 e. The van der Waals surface area contributed by atoms with Crippen molar-refractivity contribution in [1.29, 1.82) is 0 Å². The summed E-state index contributed by atoms with van der Waals surface area (Å²) in [5.74, 6) is -0.863. The number of carboxylic acid groups (broad SMARTS) is 1. The van der Waals surface area contributed by atoms with Crippen LogP contribution in [0.25, 0.3) is 0 Å². The van der Waals surface area contributed by atoms with Crippen molar-refractivity contribution in [3.05, 3.63) is 11.6 Å². The van der Waals surface area contributed by atoms with Crippen LogP contribution < -0.4 is 10.6 Å². The number of carboxylic acids is 1. The van der Waals surface area contributed by atoms with Gasteiger partial charge >= 0.3 is 12.0 Å². The maximum Gasteiger partial charge on any atom is 0.326 e. The molecule has 5 nitrogen and oxygen atoms in total. The lowest BCUT2D eigenvalue weighted by Gasteiger charge is -2.16. The van der Waals surface area contributed by atoms with Gasteiger partial charge in [-0.2, -0.15) is 0 Å². The second-order valence-electron chi connectivity index (χ2n) is 3.86. The van der Waals surface area contributed by atoms with Crippen LogP contribution in [0, 0.1) is 5.92 Å². The van der Waals surface area contributed by atoms with Crippen LogP contribution in [0.15, 0.2) is 11.6 Å². The van der Waals surface area contributed by atoms with Gasteiger partial charge in [-0.1, -0.05) is 32.0 Å². The third-order valence-electron chi connectivity index (χ3n) is 1.75. The van der Waals surface area contributed by atoms with Gasteiger partial charge in [0.2, 0.25) is 0 Å². The monoisotopic (exact) mass is 248 g/mol. The van der Waals surface area contributed by atoms with E-state index in [2.05, 4.69) is 17.2 Å². The van der Waals surface area contributed by atoms with Gasteiger partial charge in [0, 0.05) is 5.03 Å². The second-order valence-corrected chi connectivity index (χ2v) is 4.40. The molecule has 0 saturated carbocycles. The quantitative estimate of drug-likeness (QED) is 0.667. The van der Waals surface area contributed by atoms with E-state index in [1.165, 1.54) is 0 Å². The van der Waals surface area contributed by atoms with Gasteiger partial charge in [-0.3, -0.25) is 0 Å². The first-order valence-electron chi connectivity index (χ1n) is 4.93. The fraction of sp³-hybridized carbons (Fsp3) is 0.600. The highest BCUT2D eigenvalue weighted by Crippen LogP contribution is 2.04. The molecule has 0 aromatic rings. The Hall–Kier alpha value is -1.23. The third-order valence-corrected chi connectivity index (χ3v) is 1.88. The molecule has 0 bridgehead atoms. The van der Waals surface area contributed by atoms with E-state index >= 15 is 0 Å². The zero-order valence-electron chi connectivity index (χ0n) is 9.42. The summed E-state index contributed by atoms with van der Waals surface area (Å²) in [5.41, 5.74) is 0. The summed E-state index contributed by atoms with van der Waals surface area (Å²) in [6.45, 7) is 7.28. The van der Waals surface area contributed by atoms with E-state index < -0.39 is 18.0 Å². The number of amides is 2. The molecule has 6 heteroatoms. The third kappa shape index (κ3) is 7.11. The SMILES string of the molecule is C=C(Cl)CNC(=O)N[C@@H](CC(C)C)C(=O)O. The number of aliphatic carboxylic acids is 1.